The molecule has 0 saturated carbocycles. The van der Waals surface area contributed by atoms with Gasteiger partial charge >= 0.3 is 6.18 Å². The van der Waals surface area contributed by atoms with Gasteiger partial charge < -0.3 is 9.13 Å². The Balaban J connectivity index is 1.61. The van der Waals surface area contributed by atoms with Crippen LogP contribution in [0.1, 0.15) is 22.3 Å². The molecule has 0 aliphatic rings. The fourth-order valence-electron chi connectivity index (χ4n) is 7.01. The van der Waals surface area contributed by atoms with Crippen molar-refractivity contribution in [3.05, 3.63) is 149 Å². The standard InChI is InChI=1S/C41H25F3N4/c1-24-12-16-36-31(18-24)28-8-4-6-10-34(28)47(36)38-20-26(23-45)21-39(40(38)30-15-14-27(41(42,43)44)22-33(30)46-3)48-35-11-7-5-9-29(35)32-19-25(2)13-17-37(32)48/h4-22H,1-2H3. The van der Waals surface area contributed by atoms with Crippen LogP contribution in [0.15, 0.2) is 115 Å². The summed E-state index contributed by atoms with van der Waals surface area (Å²) in [5.74, 6) is 0. The molecule has 48 heavy (non-hydrogen) atoms. The van der Waals surface area contributed by atoms with Crippen molar-refractivity contribution in [1.82, 2.24) is 9.13 Å². The lowest BCUT2D eigenvalue weighted by Gasteiger charge is -2.22. The monoisotopic (exact) mass is 630 g/mol. The van der Waals surface area contributed by atoms with Crippen LogP contribution < -0.4 is 0 Å². The van der Waals surface area contributed by atoms with E-state index in [-0.39, 0.29) is 5.69 Å². The number of para-hydroxylation sites is 2. The molecule has 0 saturated heterocycles. The number of aromatic nitrogens is 2. The lowest BCUT2D eigenvalue weighted by Crippen LogP contribution is -2.07. The number of benzene rings is 6. The molecule has 0 atom stereocenters. The Kier molecular flexibility index (Phi) is 6.44. The number of rotatable bonds is 3. The molecule has 0 N–H and O–H groups in total. The van der Waals surface area contributed by atoms with Gasteiger partial charge in [-0.25, -0.2) is 4.85 Å². The number of fused-ring (bicyclic) bond motifs is 6. The Morgan fingerprint density at radius 3 is 1.60 bits per heavy atom. The first-order chi connectivity index (χ1) is 23.2. The molecule has 0 aliphatic carbocycles. The van der Waals surface area contributed by atoms with Crippen molar-refractivity contribution in [2.24, 2.45) is 0 Å². The van der Waals surface area contributed by atoms with Gasteiger partial charge in [-0.05, 0) is 74.0 Å². The summed E-state index contributed by atoms with van der Waals surface area (Å²) in [7, 11) is 0. The van der Waals surface area contributed by atoms with E-state index in [4.69, 9.17) is 6.57 Å². The molecular weight excluding hydrogens is 605 g/mol. The van der Waals surface area contributed by atoms with E-state index >= 15 is 0 Å². The summed E-state index contributed by atoms with van der Waals surface area (Å²) in [5.41, 5.74) is 7.04. The van der Waals surface area contributed by atoms with Crippen LogP contribution in [0.25, 0.3) is 71.0 Å². The van der Waals surface area contributed by atoms with Crippen LogP contribution in [-0.2, 0) is 6.18 Å². The van der Waals surface area contributed by atoms with Gasteiger partial charge in [0, 0.05) is 32.7 Å². The molecule has 8 aromatic rings. The van der Waals surface area contributed by atoms with Gasteiger partial charge in [-0.3, -0.25) is 0 Å². The average Bonchev–Trinajstić information content (AvgIpc) is 3.59. The first-order valence-corrected chi connectivity index (χ1v) is 15.4. The SMILES string of the molecule is [C-]#[N+]c1cc(C(F)(F)F)ccc1-c1c(-n2c3ccccc3c3cc(C)ccc32)cc(C#N)cc1-n1c2ccccc2c2cc(C)ccc21. The summed E-state index contributed by atoms with van der Waals surface area (Å²) in [6.45, 7) is 12.1. The van der Waals surface area contributed by atoms with Crippen molar-refractivity contribution in [1.29, 1.82) is 5.26 Å². The van der Waals surface area contributed by atoms with E-state index in [1.54, 1.807) is 12.1 Å². The Morgan fingerprint density at radius 1 is 0.625 bits per heavy atom. The Bertz CT molecular complexity index is 2570. The second kappa shape index (κ2) is 10.6. The number of nitriles is 1. The topological polar surface area (TPSA) is 38.0 Å². The minimum absolute atomic E-state index is 0.134. The summed E-state index contributed by atoms with van der Waals surface area (Å²) in [4.78, 5) is 3.65. The molecule has 0 radical (unpaired) electrons. The van der Waals surface area contributed by atoms with Gasteiger partial charge in [0.15, 0.2) is 5.69 Å². The van der Waals surface area contributed by atoms with Crippen LogP contribution >= 0.6 is 0 Å². The smallest absolute Gasteiger partial charge is 0.309 e. The van der Waals surface area contributed by atoms with Crippen LogP contribution in [-0.4, -0.2) is 9.13 Å². The number of alkyl halides is 3. The summed E-state index contributed by atoms with van der Waals surface area (Å²) >= 11 is 0. The fraction of sp³-hybridized carbons (Fsp3) is 0.0732. The van der Waals surface area contributed by atoms with Crippen molar-refractivity contribution >= 4 is 49.3 Å². The third kappa shape index (κ3) is 4.36. The number of hydrogen-bond donors (Lipinski definition) is 0. The Labute approximate surface area is 273 Å². The zero-order valence-electron chi connectivity index (χ0n) is 25.9. The molecule has 0 spiro atoms. The maximum atomic E-state index is 14.0. The minimum Gasteiger partial charge on any atom is -0.309 e. The van der Waals surface area contributed by atoms with E-state index in [1.165, 1.54) is 6.07 Å². The third-order valence-electron chi connectivity index (χ3n) is 9.08. The van der Waals surface area contributed by atoms with Crippen molar-refractivity contribution < 1.29 is 13.2 Å². The molecular formula is C41H25F3N4. The molecule has 7 heteroatoms. The predicted octanol–water partition coefficient (Wildman–Crippen LogP) is 11.6. The second-order valence-electron chi connectivity index (χ2n) is 12.1. The fourth-order valence-corrected chi connectivity index (χ4v) is 7.01. The zero-order chi connectivity index (χ0) is 33.3. The van der Waals surface area contributed by atoms with Crippen LogP contribution in [0.5, 0.6) is 0 Å². The molecule has 2 heterocycles. The first kappa shape index (κ1) is 29.1. The van der Waals surface area contributed by atoms with Crippen molar-refractivity contribution in [3.8, 4) is 28.6 Å². The summed E-state index contributed by atoms with van der Waals surface area (Å²) in [6, 6.07) is 37.4. The van der Waals surface area contributed by atoms with Crippen LogP contribution in [0.2, 0.25) is 0 Å². The molecule has 4 nitrogen and oxygen atoms in total. The minimum atomic E-state index is -4.62. The van der Waals surface area contributed by atoms with E-state index in [0.29, 0.717) is 28.1 Å². The quantitative estimate of drug-likeness (QED) is 0.179. The number of hydrogen-bond acceptors (Lipinski definition) is 1. The van der Waals surface area contributed by atoms with Crippen molar-refractivity contribution in [2.75, 3.05) is 0 Å². The molecule has 2 aromatic heterocycles. The van der Waals surface area contributed by atoms with E-state index in [1.807, 2.05) is 86.6 Å². The highest BCUT2D eigenvalue weighted by molar-refractivity contribution is 6.12. The normalized spacial score (nSPS) is 11.8. The van der Waals surface area contributed by atoms with Crippen molar-refractivity contribution in [3.63, 3.8) is 0 Å². The van der Waals surface area contributed by atoms with Gasteiger partial charge in [-0.1, -0.05) is 71.8 Å². The molecule has 230 valence electrons. The van der Waals surface area contributed by atoms with Gasteiger partial charge in [0.05, 0.1) is 51.6 Å². The number of aryl methyl sites for hydroxylation is 2. The highest BCUT2D eigenvalue weighted by atomic mass is 19.4. The van der Waals surface area contributed by atoms with Crippen LogP contribution in [0, 0.1) is 31.8 Å². The Hall–Kier alpha value is -6.31. The first-order valence-electron chi connectivity index (χ1n) is 15.4. The van der Waals surface area contributed by atoms with Gasteiger partial charge in [-0.2, -0.15) is 18.4 Å². The number of nitrogens with zero attached hydrogens (tertiary/aromatic N) is 4. The third-order valence-corrected chi connectivity index (χ3v) is 9.08. The molecule has 0 unspecified atom stereocenters. The zero-order valence-corrected chi connectivity index (χ0v) is 25.9. The van der Waals surface area contributed by atoms with Gasteiger partial charge in [-0.15, -0.1) is 0 Å². The van der Waals surface area contributed by atoms with E-state index in [9.17, 15) is 18.4 Å². The van der Waals surface area contributed by atoms with E-state index < -0.39 is 11.7 Å². The van der Waals surface area contributed by atoms with Gasteiger partial charge in [0.2, 0.25) is 0 Å². The lowest BCUT2D eigenvalue weighted by molar-refractivity contribution is -0.137. The maximum absolute atomic E-state index is 14.0. The van der Waals surface area contributed by atoms with Gasteiger partial charge in [0.1, 0.15) is 0 Å². The van der Waals surface area contributed by atoms with E-state index in [2.05, 4.69) is 32.2 Å². The van der Waals surface area contributed by atoms with Gasteiger partial charge in [0.25, 0.3) is 0 Å². The van der Waals surface area contributed by atoms with Crippen molar-refractivity contribution in [2.45, 2.75) is 20.0 Å². The molecule has 6 aromatic carbocycles. The summed E-state index contributed by atoms with van der Waals surface area (Å²) < 4.78 is 46.0. The summed E-state index contributed by atoms with van der Waals surface area (Å²) in [5, 5.41) is 14.5. The number of halogens is 3. The molecule has 0 bridgehead atoms. The second-order valence-corrected chi connectivity index (χ2v) is 12.1. The van der Waals surface area contributed by atoms with E-state index in [0.717, 1.165) is 66.9 Å². The molecule has 0 amide bonds. The highest BCUT2D eigenvalue weighted by Crippen LogP contribution is 2.46. The Morgan fingerprint density at radius 2 is 1.12 bits per heavy atom. The van der Waals surface area contributed by atoms with Crippen LogP contribution in [0.3, 0.4) is 0 Å². The summed E-state index contributed by atoms with van der Waals surface area (Å²) in [6.07, 6.45) is -4.62. The average molecular weight is 631 g/mol. The molecule has 8 rings (SSSR count). The van der Waals surface area contributed by atoms with Crippen LogP contribution in [0.4, 0.5) is 18.9 Å². The largest absolute Gasteiger partial charge is 0.415 e. The lowest BCUT2D eigenvalue weighted by atomic mass is 9.95. The maximum Gasteiger partial charge on any atom is 0.415 e. The molecule has 0 fully saturated rings. The highest BCUT2D eigenvalue weighted by Gasteiger charge is 2.32. The predicted molar refractivity (Wildman–Crippen MR) is 186 cm³/mol. The molecule has 0 aliphatic heterocycles.